The number of hydrogen-bond donors (Lipinski definition) is 1. The maximum absolute atomic E-state index is 11.6. The van der Waals surface area contributed by atoms with Crippen LogP contribution in [0.15, 0.2) is 0 Å². The van der Waals surface area contributed by atoms with Crippen LogP contribution in [0.1, 0.15) is 54.9 Å². The van der Waals surface area contributed by atoms with E-state index in [2.05, 4.69) is 0 Å². The van der Waals surface area contributed by atoms with Crippen LogP contribution >= 0.6 is 0 Å². The minimum Gasteiger partial charge on any atom is -0.460 e. The zero-order chi connectivity index (χ0) is 16.0. The van der Waals surface area contributed by atoms with E-state index in [9.17, 15) is 4.79 Å². The third-order valence-corrected chi connectivity index (χ3v) is 2.52. The van der Waals surface area contributed by atoms with Crippen LogP contribution in [0.3, 0.4) is 0 Å². The molecular weight excluding hydrogens is 258 g/mol. The second-order valence-corrected chi connectivity index (χ2v) is 7.20. The Balaban J connectivity index is 4.02. The first-order valence-corrected chi connectivity index (χ1v) is 7.07. The van der Waals surface area contributed by atoms with E-state index in [1.807, 2.05) is 48.5 Å². The summed E-state index contributed by atoms with van der Waals surface area (Å²) in [7, 11) is 0. The normalized spacial score (nSPS) is 13.4. The van der Waals surface area contributed by atoms with Crippen molar-refractivity contribution >= 4 is 5.97 Å². The lowest BCUT2D eigenvalue weighted by Gasteiger charge is -2.31. The molecule has 0 rings (SSSR count). The minimum absolute atomic E-state index is 0.237. The SMILES string of the molecule is CC(C)(C)OC(=O)CCOC(C)(C)COC(C)(C)CN. The van der Waals surface area contributed by atoms with E-state index in [1.165, 1.54) is 0 Å². The molecule has 0 bridgehead atoms. The topological polar surface area (TPSA) is 70.8 Å². The van der Waals surface area contributed by atoms with Crippen LogP contribution in [0.4, 0.5) is 0 Å². The van der Waals surface area contributed by atoms with Crippen LogP contribution in [0, 0.1) is 0 Å². The number of nitrogens with two attached hydrogens (primary N) is 1. The molecule has 0 atom stereocenters. The Morgan fingerprint density at radius 1 is 0.950 bits per heavy atom. The van der Waals surface area contributed by atoms with Crippen molar-refractivity contribution in [2.24, 2.45) is 5.73 Å². The van der Waals surface area contributed by atoms with Crippen LogP contribution in [-0.2, 0) is 19.0 Å². The Kier molecular flexibility index (Phi) is 7.14. The summed E-state index contributed by atoms with van der Waals surface area (Å²) in [5.41, 5.74) is 4.32. The van der Waals surface area contributed by atoms with Crippen molar-refractivity contribution in [2.45, 2.75) is 71.7 Å². The van der Waals surface area contributed by atoms with E-state index >= 15 is 0 Å². The summed E-state index contributed by atoms with van der Waals surface area (Å²) < 4.78 is 16.6. The average molecular weight is 289 g/mol. The quantitative estimate of drug-likeness (QED) is 0.694. The molecule has 0 aromatic rings. The molecule has 0 aliphatic heterocycles. The fourth-order valence-electron chi connectivity index (χ4n) is 1.27. The molecule has 0 aromatic carbocycles. The van der Waals surface area contributed by atoms with Crippen molar-refractivity contribution in [1.29, 1.82) is 0 Å². The molecule has 20 heavy (non-hydrogen) atoms. The predicted molar refractivity (Wildman–Crippen MR) is 79.6 cm³/mol. The Morgan fingerprint density at radius 2 is 1.50 bits per heavy atom. The second kappa shape index (κ2) is 7.38. The van der Waals surface area contributed by atoms with Crippen LogP contribution in [-0.4, -0.2) is 42.5 Å². The zero-order valence-corrected chi connectivity index (χ0v) is 14.0. The highest BCUT2D eigenvalue weighted by Gasteiger charge is 2.25. The first kappa shape index (κ1) is 19.4. The minimum atomic E-state index is -0.464. The molecule has 0 saturated heterocycles. The molecule has 0 heterocycles. The summed E-state index contributed by atoms with van der Waals surface area (Å²) >= 11 is 0. The van der Waals surface area contributed by atoms with Crippen molar-refractivity contribution in [3.05, 3.63) is 0 Å². The zero-order valence-electron chi connectivity index (χ0n) is 14.0. The smallest absolute Gasteiger partial charge is 0.308 e. The van der Waals surface area contributed by atoms with Crippen LogP contribution in [0.5, 0.6) is 0 Å². The van der Waals surface area contributed by atoms with E-state index in [0.717, 1.165) is 0 Å². The molecule has 0 spiro atoms. The van der Waals surface area contributed by atoms with Crippen molar-refractivity contribution < 1.29 is 19.0 Å². The Bertz CT molecular complexity index is 305. The van der Waals surface area contributed by atoms with Crippen molar-refractivity contribution in [3.63, 3.8) is 0 Å². The first-order chi connectivity index (χ1) is 8.87. The molecule has 0 fully saturated rings. The number of rotatable bonds is 8. The fraction of sp³-hybridized carbons (Fsp3) is 0.933. The summed E-state index contributed by atoms with van der Waals surface area (Å²) in [4.78, 5) is 11.6. The van der Waals surface area contributed by atoms with Gasteiger partial charge in [0.05, 0.1) is 30.8 Å². The van der Waals surface area contributed by atoms with Crippen LogP contribution in [0.2, 0.25) is 0 Å². The number of esters is 1. The number of ether oxygens (including phenoxy) is 3. The predicted octanol–water partition coefficient (Wildman–Crippen LogP) is 2.27. The highest BCUT2D eigenvalue weighted by molar-refractivity contribution is 5.69. The summed E-state index contributed by atoms with van der Waals surface area (Å²) in [5.74, 6) is -0.253. The van der Waals surface area contributed by atoms with Gasteiger partial charge in [-0.1, -0.05) is 0 Å². The molecular formula is C15H31NO4. The number of carbonyl (C=O) groups is 1. The Hall–Kier alpha value is -0.650. The number of hydrogen-bond acceptors (Lipinski definition) is 5. The lowest BCUT2D eigenvalue weighted by Crippen LogP contribution is -2.41. The fourth-order valence-corrected chi connectivity index (χ4v) is 1.27. The lowest BCUT2D eigenvalue weighted by atomic mass is 10.1. The van der Waals surface area contributed by atoms with Gasteiger partial charge >= 0.3 is 5.97 Å². The third-order valence-electron chi connectivity index (χ3n) is 2.52. The third kappa shape index (κ3) is 10.2. The molecule has 2 N–H and O–H groups in total. The monoisotopic (exact) mass is 289 g/mol. The summed E-state index contributed by atoms with van der Waals surface area (Å²) in [6, 6.07) is 0. The largest absolute Gasteiger partial charge is 0.460 e. The average Bonchev–Trinajstić information content (AvgIpc) is 2.24. The van der Waals surface area contributed by atoms with Gasteiger partial charge in [-0.05, 0) is 48.5 Å². The Labute approximate surface area is 123 Å². The van der Waals surface area contributed by atoms with Crippen molar-refractivity contribution in [2.75, 3.05) is 19.8 Å². The molecule has 0 aromatic heterocycles. The molecule has 0 radical (unpaired) electrons. The van der Waals surface area contributed by atoms with E-state index < -0.39 is 11.2 Å². The summed E-state index contributed by atoms with van der Waals surface area (Å²) in [6.45, 7) is 14.4. The van der Waals surface area contributed by atoms with E-state index in [4.69, 9.17) is 19.9 Å². The van der Waals surface area contributed by atoms with E-state index in [-0.39, 0.29) is 18.0 Å². The number of carbonyl (C=O) groups excluding carboxylic acids is 1. The maximum Gasteiger partial charge on any atom is 0.308 e. The van der Waals surface area contributed by atoms with E-state index in [0.29, 0.717) is 19.8 Å². The van der Waals surface area contributed by atoms with Gasteiger partial charge in [-0.2, -0.15) is 0 Å². The Morgan fingerprint density at radius 3 is 1.95 bits per heavy atom. The molecule has 0 saturated carbocycles. The van der Waals surface area contributed by atoms with Crippen molar-refractivity contribution in [1.82, 2.24) is 0 Å². The van der Waals surface area contributed by atoms with Gasteiger partial charge in [-0.25, -0.2) is 0 Å². The van der Waals surface area contributed by atoms with Gasteiger partial charge in [0.1, 0.15) is 5.60 Å². The molecule has 0 unspecified atom stereocenters. The molecule has 0 amide bonds. The second-order valence-electron chi connectivity index (χ2n) is 7.20. The molecule has 5 heteroatoms. The highest BCUT2D eigenvalue weighted by atomic mass is 16.6. The maximum atomic E-state index is 11.6. The van der Waals surface area contributed by atoms with Gasteiger partial charge in [0.25, 0.3) is 0 Å². The van der Waals surface area contributed by atoms with Gasteiger partial charge in [-0.15, -0.1) is 0 Å². The van der Waals surface area contributed by atoms with Gasteiger partial charge in [0.2, 0.25) is 0 Å². The van der Waals surface area contributed by atoms with Crippen LogP contribution in [0.25, 0.3) is 0 Å². The van der Waals surface area contributed by atoms with Gasteiger partial charge in [-0.3, -0.25) is 4.79 Å². The lowest BCUT2D eigenvalue weighted by molar-refractivity contribution is -0.159. The highest BCUT2D eigenvalue weighted by Crippen LogP contribution is 2.16. The first-order valence-electron chi connectivity index (χ1n) is 7.07. The molecule has 0 aliphatic rings. The van der Waals surface area contributed by atoms with Crippen molar-refractivity contribution in [3.8, 4) is 0 Å². The summed E-state index contributed by atoms with van der Waals surface area (Å²) in [6.07, 6.45) is 0.237. The van der Waals surface area contributed by atoms with Gasteiger partial charge in [0.15, 0.2) is 0 Å². The summed E-state index contributed by atoms with van der Waals surface area (Å²) in [5, 5.41) is 0. The molecule has 0 aliphatic carbocycles. The van der Waals surface area contributed by atoms with Crippen LogP contribution < -0.4 is 5.73 Å². The molecule has 120 valence electrons. The van der Waals surface area contributed by atoms with Gasteiger partial charge in [0, 0.05) is 6.54 Å². The van der Waals surface area contributed by atoms with E-state index in [1.54, 1.807) is 0 Å². The van der Waals surface area contributed by atoms with Gasteiger partial charge < -0.3 is 19.9 Å². The standard InChI is InChI=1S/C15H31NO4/c1-13(2,3)20-12(17)8-9-18-15(6,7)11-19-14(4,5)10-16/h8-11,16H2,1-7H3. The molecule has 5 nitrogen and oxygen atoms in total.